The quantitative estimate of drug-likeness (QED) is 0.689. The number of aryl methyl sites for hydroxylation is 1. The molecular formula is C20H15ClN4O3. The number of aromatic nitrogens is 2. The van der Waals surface area contributed by atoms with Gasteiger partial charge in [0.15, 0.2) is 0 Å². The number of halogens is 1. The second-order valence-corrected chi connectivity index (χ2v) is 6.69. The predicted octanol–water partition coefficient (Wildman–Crippen LogP) is 2.80. The van der Waals surface area contributed by atoms with Crippen LogP contribution in [0.2, 0.25) is 5.02 Å². The third-order valence-corrected chi connectivity index (χ3v) is 4.90. The van der Waals surface area contributed by atoms with Gasteiger partial charge in [-0.15, -0.1) is 0 Å². The largest absolute Gasteiger partial charge is 0.346 e. The van der Waals surface area contributed by atoms with Gasteiger partial charge in [0.05, 0.1) is 40.3 Å². The lowest BCUT2D eigenvalue weighted by Gasteiger charge is -2.15. The third kappa shape index (κ3) is 2.95. The molecule has 0 fully saturated rings. The molecule has 7 nitrogen and oxygen atoms in total. The molecule has 1 aliphatic rings. The van der Waals surface area contributed by atoms with E-state index in [4.69, 9.17) is 11.6 Å². The molecule has 140 valence electrons. The Morgan fingerprint density at radius 3 is 2.36 bits per heavy atom. The van der Waals surface area contributed by atoms with Crippen LogP contribution in [0.25, 0.3) is 0 Å². The average Bonchev–Trinajstić information content (AvgIpc) is 3.16. The lowest BCUT2D eigenvalue weighted by atomic mass is 10.1. The molecule has 0 spiro atoms. The molecule has 2 heterocycles. The van der Waals surface area contributed by atoms with Gasteiger partial charge in [-0.25, -0.2) is 4.90 Å². The molecule has 28 heavy (non-hydrogen) atoms. The molecule has 0 saturated carbocycles. The average molecular weight is 395 g/mol. The van der Waals surface area contributed by atoms with E-state index in [1.807, 2.05) is 0 Å². The highest BCUT2D eigenvalue weighted by molar-refractivity contribution is 6.34. The van der Waals surface area contributed by atoms with Crippen LogP contribution in [-0.2, 0) is 13.6 Å². The Balaban J connectivity index is 1.56. The van der Waals surface area contributed by atoms with Crippen LogP contribution >= 0.6 is 11.6 Å². The molecule has 3 amide bonds. The summed E-state index contributed by atoms with van der Waals surface area (Å²) in [4.78, 5) is 38.9. The zero-order chi connectivity index (χ0) is 19.8. The van der Waals surface area contributed by atoms with E-state index in [9.17, 15) is 14.4 Å². The van der Waals surface area contributed by atoms with Gasteiger partial charge in [0.1, 0.15) is 0 Å². The first kappa shape index (κ1) is 17.9. The second kappa shape index (κ2) is 6.94. The Hall–Kier alpha value is -3.45. The van der Waals surface area contributed by atoms with E-state index in [-0.39, 0.29) is 12.5 Å². The number of fused-ring (bicyclic) bond motifs is 1. The maximum Gasteiger partial charge on any atom is 0.266 e. The van der Waals surface area contributed by atoms with Crippen molar-refractivity contribution in [3.63, 3.8) is 0 Å². The molecule has 0 atom stereocenters. The Kier molecular flexibility index (Phi) is 4.44. The number of nitrogens with one attached hydrogen (secondary N) is 1. The second-order valence-electron chi connectivity index (χ2n) is 6.29. The smallest absolute Gasteiger partial charge is 0.266 e. The Bertz CT molecular complexity index is 1070. The van der Waals surface area contributed by atoms with Crippen molar-refractivity contribution in [1.29, 1.82) is 0 Å². The van der Waals surface area contributed by atoms with Crippen LogP contribution in [-0.4, -0.2) is 27.5 Å². The number of rotatable bonds is 4. The Labute approximate surface area is 165 Å². The molecule has 0 bridgehead atoms. The van der Waals surface area contributed by atoms with Gasteiger partial charge in [0, 0.05) is 12.6 Å². The summed E-state index contributed by atoms with van der Waals surface area (Å²) in [6, 6.07) is 13.0. The van der Waals surface area contributed by atoms with Crippen LogP contribution in [0.5, 0.6) is 0 Å². The summed E-state index contributed by atoms with van der Waals surface area (Å²) in [5.74, 6) is -1.16. The molecule has 8 heteroatoms. The topological polar surface area (TPSA) is 84.3 Å². The highest BCUT2D eigenvalue weighted by Crippen LogP contribution is 2.28. The summed E-state index contributed by atoms with van der Waals surface area (Å²) in [6.45, 7) is 0.200. The fourth-order valence-electron chi connectivity index (χ4n) is 3.11. The lowest BCUT2D eigenvalue weighted by molar-refractivity contribution is 0.0919. The van der Waals surface area contributed by atoms with Crippen LogP contribution in [0.3, 0.4) is 0 Å². The van der Waals surface area contributed by atoms with Gasteiger partial charge in [-0.1, -0.05) is 29.8 Å². The summed E-state index contributed by atoms with van der Waals surface area (Å²) < 4.78 is 1.58. The minimum atomic E-state index is -0.403. The van der Waals surface area contributed by atoms with Crippen molar-refractivity contribution in [1.82, 2.24) is 15.1 Å². The van der Waals surface area contributed by atoms with Crippen molar-refractivity contribution in [2.24, 2.45) is 7.05 Å². The SMILES string of the molecule is Cn1ncc(Cl)c1CNC(=O)c1cccc(N2C(=O)c3ccccc3C2=O)c1. The zero-order valence-corrected chi connectivity index (χ0v) is 15.6. The minimum absolute atomic E-state index is 0.200. The van der Waals surface area contributed by atoms with E-state index in [2.05, 4.69) is 10.4 Å². The van der Waals surface area contributed by atoms with E-state index in [1.165, 1.54) is 12.3 Å². The zero-order valence-electron chi connectivity index (χ0n) is 14.8. The molecule has 0 radical (unpaired) electrons. The number of anilines is 1. The van der Waals surface area contributed by atoms with Crippen LogP contribution < -0.4 is 10.2 Å². The fourth-order valence-corrected chi connectivity index (χ4v) is 3.34. The van der Waals surface area contributed by atoms with Crippen molar-refractivity contribution >= 4 is 35.0 Å². The lowest BCUT2D eigenvalue weighted by Crippen LogP contribution is -2.30. The van der Waals surface area contributed by atoms with Crippen molar-refractivity contribution in [2.45, 2.75) is 6.54 Å². The first-order chi connectivity index (χ1) is 13.5. The molecule has 1 aliphatic heterocycles. The first-order valence-electron chi connectivity index (χ1n) is 8.50. The molecule has 0 aliphatic carbocycles. The number of hydrogen-bond acceptors (Lipinski definition) is 4. The van der Waals surface area contributed by atoms with Crippen molar-refractivity contribution in [2.75, 3.05) is 4.90 Å². The van der Waals surface area contributed by atoms with E-state index < -0.39 is 11.8 Å². The number of nitrogens with zero attached hydrogens (tertiary/aromatic N) is 3. The van der Waals surface area contributed by atoms with Gasteiger partial charge in [0.25, 0.3) is 17.7 Å². The summed E-state index contributed by atoms with van der Waals surface area (Å²) in [7, 11) is 1.73. The van der Waals surface area contributed by atoms with E-state index in [0.29, 0.717) is 33.1 Å². The van der Waals surface area contributed by atoms with Crippen molar-refractivity contribution < 1.29 is 14.4 Å². The summed E-state index contributed by atoms with van der Waals surface area (Å²) >= 11 is 6.05. The van der Waals surface area contributed by atoms with E-state index in [0.717, 1.165) is 4.90 Å². The Morgan fingerprint density at radius 2 is 1.75 bits per heavy atom. The van der Waals surface area contributed by atoms with Crippen molar-refractivity contribution in [3.8, 4) is 0 Å². The normalized spacial score (nSPS) is 13.0. The predicted molar refractivity (Wildman–Crippen MR) is 103 cm³/mol. The molecular weight excluding hydrogens is 380 g/mol. The van der Waals surface area contributed by atoms with Crippen LogP contribution in [0.1, 0.15) is 36.8 Å². The number of benzene rings is 2. The number of amides is 3. The molecule has 0 unspecified atom stereocenters. The van der Waals surface area contributed by atoms with Gasteiger partial charge in [-0.05, 0) is 30.3 Å². The molecule has 3 aromatic rings. The van der Waals surface area contributed by atoms with Crippen LogP contribution in [0.15, 0.2) is 54.7 Å². The number of imide groups is 1. The van der Waals surface area contributed by atoms with Crippen molar-refractivity contribution in [3.05, 3.63) is 82.1 Å². The van der Waals surface area contributed by atoms with Gasteiger partial charge >= 0.3 is 0 Å². The maximum atomic E-state index is 12.6. The highest BCUT2D eigenvalue weighted by atomic mass is 35.5. The number of hydrogen-bond donors (Lipinski definition) is 1. The van der Waals surface area contributed by atoms with Crippen LogP contribution in [0, 0.1) is 0 Å². The standard InChI is InChI=1S/C20H15ClN4O3/c1-24-17(16(21)10-23-24)11-22-18(26)12-5-4-6-13(9-12)25-19(27)14-7-2-3-8-15(14)20(25)28/h2-10H,11H2,1H3,(H,22,26). The summed E-state index contributed by atoms with van der Waals surface area (Å²) in [6.07, 6.45) is 1.51. The van der Waals surface area contributed by atoms with Gasteiger partial charge in [0.2, 0.25) is 0 Å². The number of carbonyl (C=O) groups is 3. The number of carbonyl (C=O) groups excluding carboxylic acids is 3. The summed E-state index contributed by atoms with van der Waals surface area (Å²) in [5.41, 5.74) is 2.05. The van der Waals surface area contributed by atoms with Gasteiger partial charge < -0.3 is 5.32 Å². The first-order valence-corrected chi connectivity index (χ1v) is 8.87. The minimum Gasteiger partial charge on any atom is -0.346 e. The fraction of sp³-hybridized carbons (Fsp3) is 0.100. The van der Waals surface area contributed by atoms with Crippen LogP contribution in [0.4, 0.5) is 5.69 Å². The van der Waals surface area contributed by atoms with E-state index in [1.54, 1.807) is 54.2 Å². The molecule has 1 aromatic heterocycles. The summed E-state index contributed by atoms with van der Waals surface area (Å²) in [5, 5.41) is 7.25. The Morgan fingerprint density at radius 1 is 1.07 bits per heavy atom. The third-order valence-electron chi connectivity index (χ3n) is 4.59. The monoisotopic (exact) mass is 394 g/mol. The molecule has 2 aromatic carbocycles. The van der Waals surface area contributed by atoms with Gasteiger partial charge in [-0.2, -0.15) is 5.10 Å². The molecule has 1 N–H and O–H groups in total. The van der Waals surface area contributed by atoms with Gasteiger partial charge in [-0.3, -0.25) is 19.1 Å². The van der Waals surface area contributed by atoms with E-state index >= 15 is 0 Å². The highest BCUT2D eigenvalue weighted by Gasteiger charge is 2.36. The molecule has 4 rings (SSSR count). The maximum absolute atomic E-state index is 12.6. The molecule has 0 saturated heterocycles.